The lowest BCUT2D eigenvalue weighted by Gasteiger charge is -2.32. The lowest BCUT2D eigenvalue weighted by atomic mass is 10.1. The van der Waals surface area contributed by atoms with Gasteiger partial charge < -0.3 is 15.5 Å². The Bertz CT molecular complexity index is 387. The van der Waals surface area contributed by atoms with Crippen molar-refractivity contribution in [1.29, 1.82) is 0 Å². The number of hydrogen-bond acceptors (Lipinski definition) is 3. The van der Waals surface area contributed by atoms with Gasteiger partial charge in [-0.2, -0.15) is 0 Å². The first kappa shape index (κ1) is 22.7. The molecule has 0 atom stereocenters. The Hall–Kier alpha value is -0.340. The molecule has 0 spiro atoms. The van der Waals surface area contributed by atoms with Crippen LogP contribution < -0.4 is 10.6 Å². The summed E-state index contributed by atoms with van der Waals surface area (Å²) in [6.45, 7) is 12.1. The summed E-state index contributed by atoms with van der Waals surface area (Å²) < 4.78 is 0. The maximum Gasteiger partial charge on any atom is 0.191 e. The first-order chi connectivity index (χ1) is 11.7. The minimum atomic E-state index is 0. The van der Waals surface area contributed by atoms with Gasteiger partial charge in [0, 0.05) is 44.8 Å². The molecule has 0 unspecified atom stereocenters. The van der Waals surface area contributed by atoms with Crippen LogP contribution in [0.2, 0.25) is 0 Å². The summed E-state index contributed by atoms with van der Waals surface area (Å²) in [5.74, 6) is 0.986. The Morgan fingerprint density at radius 3 is 2.52 bits per heavy atom. The van der Waals surface area contributed by atoms with Gasteiger partial charge in [-0.25, -0.2) is 0 Å². The summed E-state index contributed by atoms with van der Waals surface area (Å²) in [4.78, 5) is 9.76. The molecule has 6 heteroatoms. The van der Waals surface area contributed by atoms with E-state index in [1.807, 2.05) is 6.08 Å². The molecular weight excluding hydrogens is 425 g/mol. The molecule has 1 aliphatic heterocycles. The van der Waals surface area contributed by atoms with Crippen LogP contribution in [0.4, 0.5) is 0 Å². The average Bonchev–Trinajstić information content (AvgIpc) is 3.11. The molecule has 2 fully saturated rings. The largest absolute Gasteiger partial charge is 0.357 e. The highest BCUT2D eigenvalue weighted by Crippen LogP contribution is 2.21. The molecule has 1 saturated carbocycles. The molecule has 0 aromatic rings. The van der Waals surface area contributed by atoms with Crippen molar-refractivity contribution in [2.75, 3.05) is 46.3 Å². The Morgan fingerprint density at radius 1 is 1.24 bits per heavy atom. The molecule has 1 aliphatic carbocycles. The number of nitrogens with zero attached hydrogens (tertiary/aromatic N) is 3. The summed E-state index contributed by atoms with van der Waals surface area (Å²) in [5.41, 5.74) is 0. The molecule has 2 N–H and O–H groups in total. The van der Waals surface area contributed by atoms with Gasteiger partial charge in [-0.15, -0.1) is 30.6 Å². The summed E-state index contributed by atoms with van der Waals surface area (Å²) in [7, 11) is 2.25. The van der Waals surface area contributed by atoms with Crippen LogP contribution in [0.15, 0.2) is 17.6 Å². The zero-order valence-electron chi connectivity index (χ0n) is 16.2. The van der Waals surface area contributed by atoms with Gasteiger partial charge in [0.25, 0.3) is 0 Å². The van der Waals surface area contributed by atoms with E-state index >= 15 is 0 Å². The van der Waals surface area contributed by atoms with Gasteiger partial charge in [0.15, 0.2) is 5.96 Å². The first-order valence-electron chi connectivity index (χ1n) is 9.81. The Balaban J connectivity index is 0.00000312. The number of rotatable bonds is 8. The number of guanidine groups is 1. The highest BCUT2D eigenvalue weighted by atomic mass is 127. The summed E-state index contributed by atoms with van der Waals surface area (Å²) in [5, 5.41) is 7.03. The fourth-order valence-corrected chi connectivity index (χ4v) is 3.80. The molecule has 2 rings (SSSR count). The van der Waals surface area contributed by atoms with Crippen molar-refractivity contribution < 1.29 is 0 Å². The first-order valence-corrected chi connectivity index (χ1v) is 9.81. The third-order valence-electron chi connectivity index (χ3n) is 5.33. The third kappa shape index (κ3) is 8.26. The van der Waals surface area contributed by atoms with Gasteiger partial charge in [0.05, 0.1) is 6.54 Å². The smallest absolute Gasteiger partial charge is 0.191 e. The third-order valence-corrected chi connectivity index (χ3v) is 5.33. The van der Waals surface area contributed by atoms with Gasteiger partial charge in [-0.3, -0.25) is 9.89 Å². The van der Waals surface area contributed by atoms with Gasteiger partial charge in [0.2, 0.25) is 0 Å². The maximum atomic E-state index is 4.80. The normalized spacial score (nSPS) is 20.5. The molecule has 0 amide bonds. The number of likely N-dealkylation sites (N-methyl/N-ethyl adjacent to an activating group) is 1. The van der Waals surface area contributed by atoms with Crippen LogP contribution in [0.25, 0.3) is 0 Å². The van der Waals surface area contributed by atoms with Crippen molar-refractivity contribution in [3.63, 3.8) is 0 Å². The van der Waals surface area contributed by atoms with Gasteiger partial charge in [-0.1, -0.05) is 18.9 Å². The van der Waals surface area contributed by atoms with Crippen LogP contribution in [0.3, 0.4) is 0 Å². The standard InChI is InChI=1S/C19H37N5.HI/c1-4-13-24-14-10-17(11-15-24)22-19(20-5-2)21-12-16-23(3)18-8-6-7-9-18;/h4,17-18H,1,5-16H2,2-3H3,(H2,20,21,22);1H. The second-order valence-electron chi connectivity index (χ2n) is 7.19. The Kier molecular flexibility index (Phi) is 11.7. The maximum absolute atomic E-state index is 4.80. The van der Waals surface area contributed by atoms with Crippen molar-refractivity contribution in [3.05, 3.63) is 12.7 Å². The van der Waals surface area contributed by atoms with Crippen molar-refractivity contribution >= 4 is 29.9 Å². The second kappa shape index (κ2) is 12.9. The fourth-order valence-electron chi connectivity index (χ4n) is 3.80. The second-order valence-corrected chi connectivity index (χ2v) is 7.19. The number of piperidine rings is 1. The molecule has 1 heterocycles. The quantitative estimate of drug-likeness (QED) is 0.252. The average molecular weight is 463 g/mol. The van der Waals surface area contributed by atoms with E-state index in [-0.39, 0.29) is 24.0 Å². The van der Waals surface area contributed by atoms with E-state index in [9.17, 15) is 0 Å². The molecule has 0 bridgehead atoms. The number of aliphatic imine (C=N–C) groups is 1. The van der Waals surface area contributed by atoms with Crippen LogP contribution in [0.1, 0.15) is 45.4 Å². The minimum absolute atomic E-state index is 0. The van der Waals surface area contributed by atoms with Crippen molar-refractivity contribution in [2.24, 2.45) is 4.99 Å². The zero-order chi connectivity index (χ0) is 17.2. The Labute approximate surface area is 171 Å². The van der Waals surface area contributed by atoms with Crippen molar-refractivity contribution in [3.8, 4) is 0 Å². The van der Waals surface area contributed by atoms with Crippen LogP contribution in [0.5, 0.6) is 0 Å². The van der Waals surface area contributed by atoms with E-state index in [0.29, 0.717) is 6.04 Å². The van der Waals surface area contributed by atoms with E-state index in [1.165, 1.54) is 38.5 Å². The van der Waals surface area contributed by atoms with Crippen LogP contribution in [-0.4, -0.2) is 74.2 Å². The highest BCUT2D eigenvalue weighted by Gasteiger charge is 2.20. The Morgan fingerprint density at radius 2 is 1.92 bits per heavy atom. The molecule has 0 radical (unpaired) electrons. The predicted octanol–water partition coefficient (Wildman–Crippen LogP) is 2.68. The van der Waals surface area contributed by atoms with Crippen molar-refractivity contribution in [2.45, 2.75) is 57.5 Å². The molecule has 5 nitrogen and oxygen atoms in total. The topological polar surface area (TPSA) is 42.9 Å². The van der Waals surface area contributed by atoms with E-state index in [2.05, 4.69) is 41.0 Å². The molecular formula is C19H38IN5. The molecule has 1 saturated heterocycles. The summed E-state index contributed by atoms with van der Waals surface area (Å²) in [6, 6.07) is 1.32. The monoisotopic (exact) mass is 463 g/mol. The van der Waals surface area contributed by atoms with Gasteiger partial charge in [-0.05, 0) is 39.7 Å². The molecule has 146 valence electrons. The number of nitrogens with one attached hydrogen (secondary N) is 2. The summed E-state index contributed by atoms with van der Waals surface area (Å²) in [6.07, 6.45) is 9.88. The summed E-state index contributed by atoms with van der Waals surface area (Å²) >= 11 is 0. The highest BCUT2D eigenvalue weighted by molar-refractivity contribution is 14.0. The van der Waals surface area contributed by atoms with E-state index < -0.39 is 0 Å². The number of likely N-dealkylation sites (tertiary alicyclic amines) is 1. The van der Waals surface area contributed by atoms with Crippen LogP contribution >= 0.6 is 24.0 Å². The van der Waals surface area contributed by atoms with Gasteiger partial charge in [0.1, 0.15) is 0 Å². The van der Waals surface area contributed by atoms with Crippen LogP contribution in [-0.2, 0) is 0 Å². The van der Waals surface area contributed by atoms with Gasteiger partial charge >= 0.3 is 0 Å². The van der Waals surface area contributed by atoms with E-state index in [1.54, 1.807) is 0 Å². The lowest BCUT2D eigenvalue weighted by Crippen LogP contribution is -2.48. The molecule has 2 aliphatic rings. The fraction of sp³-hybridized carbons (Fsp3) is 0.842. The number of halogens is 1. The minimum Gasteiger partial charge on any atom is -0.357 e. The molecule has 0 aromatic carbocycles. The molecule has 25 heavy (non-hydrogen) atoms. The molecule has 0 aromatic heterocycles. The van der Waals surface area contributed by atoms with Crippen molar-refractivity contribution in [1.82, 2.24) is 20.4 Å². The van der Waals surface area contributed by atoms with E-state index in [4.69, 9.17) is 4.99 Å². The lowest BCUT2D eigenvalue weighted by molar-refractivity contribution is 0.225. The zero-order valence-corrected chi connectivity index (χ0v) is 18.5. The van der Waals surface area contributed by atoms with E-state index in [0.717, 1.165) is 51.3 Å². The predicted molar refractivity (Wildman–Crippen MR) is 119 cm³/mol. The SMILES string of the molecule is C=CCN1CCC(NC(=NCCN(C)C2CCCC2)NCC)CC1.I. The number of hydrogen-bond donors (Lipinski definition) is 2. The van der Waals surface area contributed by atoms with Crippen LogP contribution in [0, 0.1) is 0 Å².